The Labute approximate surface area is 133 Å². The average molecular weight is 306 g/mol. The molecule has 2 N–H and O–H groups in total. The number of guanidine groups is 1. The first-order valence-electron chi connectivity index (χ1n) is 8.93. The minimum absolute atomic E-state index is 0.137. The molecule has 0 radical (unpaired) electrons. The highest BCUT2D eigenvalue weighted by Gasteiger charge is 2.42. The van der Waals surface area contributed by atoms with Crippen LogP contribution in [0.25, 0.3) is 0 Å². The monoisotopic (exact) mass is 306 g/mol. The number of nitrogens with zero attached hydrogens (tertiary/aromatic N) is 2. The van der Waals surface area contributed by atoms with Gasteiger partial charge in [-0.3, -0.25) is 9.79 Å². The number of likely N-dealkylation sites (tertiary alicyclic amines) is 1. The van der Waals surface area contributed by atoms with Gasteiger partial charge in [0.25, 0.3) is 0 Å². The van der Waals surface area contributed by atoms with Gasteiger partial charge in [-0.05, 0) is 31.6 Å². The van der Waals surface area contributed by atoms with Crippen LogP contribution in [-0.4, -0.2) is 50.0 Å². The third-order valence-corrected chi connectivity index (χ3v) is 5.64. The summed E-state index contributed by atoms with van der Waals surface area (Å²) in [5.41, 5.74) is 0.137. The molecule has 3 rings (SSSR count). The standard InChI is InChI=1S/C17H30N4O/c1-18-16(19-11-14-6-3-2-4-7-14)21-9-5-8-17(13-21)10-15(22)20-12-17/h14H,2-13H2,1H3,(H,18,19)(H,20,22). The number of piperidine rings is 1. The second-order valence-electron chi connectivity index (χ2n) is 7.41. The van der Waals surface area contributed by atoms with E-state index < -0.39 is 0 Å². The van der Waals surface area contributed by atoms with Gasteiger partial charge in [-0.1, -0.05) is 19.3 Å². The summed E-state index contributed by atoms with van der Waals surface area (Å²) < 4.78 is 0. The van der Waals surface area contributed by atoms with Crippen molar-refractivity contribution in [2.24, 2.45) is 16.3 Å². The van der Waals surface area contributed by atoms with E-state index in [1.54, 1.807) is 0 Å². The molecular formula is C17H30N4O. The Bertz CT molecular complexity index is 430. The van der Waals surface area contributed by atoms with Crippen LogP contribution < -0.4 is 10.6 Å². The maximum atomic E-state index is 11.6. The molecule has 5 heteroatoms. The zero-order valence-corrected chi connectivity index (χ0v) is 13.9. The van der Waals surface area contributed by atoms with Gasteiger partial charge in [0.15, 0.2) is 5.96 Å². The minimum atomic E-state index is 0.137. The van der Waals surface area contributed by atoms with Crippen molar-refractivity contribution in [1.29, 1.82) is 0 Å². The fraction of sp³-hybridized carbons (Fsp3) is 0.882. The van der Waals surface area contributed by atoms with Crippen molar-refractivity contribution >= 4 is 11.9 Å². The van der Waals surface area contributed by atoms with Gasteiger partial charge in [-0.25, -0.2) is 0 Å². The zero-order chi connectivity index (χ0) is 15.4. The van der Waals surface area contributed by atoms with Crippen LogP contribution in [0.5, 0.6) is 0 Å². The van der Waals surface area contributed by atoms with Crippen LogP contribution in [0, 0.1) is 11.3 Å². The van der Waals surface area contributed by atoms with Crippen molar-refractivity contribution in [3.05, 3.63) is 0 Å². The Balaban J connectivity index is 1.55. The van der Waals surface area contributed by atoms with E-state index in [1.165, 1.54) is 32.1 Å². The summed E-state index contributed by atoms with van der Waals surface area (Å²) in [6, 6.07) is 0. The van der Waals surface area contributed by atoms with E-state index in [2.05, 4.69) is 20.5 Å². The average Bonchev–Trinajstić information content (AvgIpc) is 2.89. The molecule has 5 nitrogen and oxygen atoms in total. The van der Waals surface area contributed by atoms with Gasteiger partial charge < -0.3 is 15.5 Å². The Morgan fingerprint density at radius 3 is 2.86 bits per heavy atom. The second kappa shape index (κ2) is 6.88. The van der Waals surface area contributed by atoms with Crippen LogP contribution in [0.1, 0.15) is 51.4 Å². The Morgan fingerprint density at radius 2 is 2.18 bits per heavy atom. The largest absolute Gasteiger partial charge is 0.356 e. The summed E-state index contributed by atoms with van der Waals surface area (Å²) in [7, 11) is 1.88. The first-order valence-corrected chi connectivity index (χ1v) is 8.93. The van der Waals surface area contributed by atoms with E-state index in [0.717, 1.165) is 50.9 Å². The number of nitrogens with one attached hydrogen (secondary N) is 2. The molecule has 0 bridgehead atoms. The van der Waals surface area contributed by atoms with Gasteiger partial charge in [0.05, 0.1) is 0 Å². The topological polar surface area (TPSA) is 56.7 Å². The van der Waals surface area contributed by atoms with Gasteiger partial charge >= 0.3 is 0 Å². The molecule has 3 fully saturated rings. The Hall–Kier alpha value is -1.26. The first kappa shape index (κ1) is 15.6. The molecule has 0 aromatic heterocycles. The Morgan fingerprint density at radius 1 is 1.36 bits per heavy atom. The molecular weight excluding hydrogens is 276 g/mol. The summed E-state index contributed by atoms with van der Waals surface area (Å²) in [6.07, 6.45) is 9.86. The van der Waals surface area contributed by atoms with Crippen molar-refractivity contribution in [2.75, 3.05) is 33.2 Å². The molecule has 124 valence electrons. The van der Waals surface area contributed by atoms with Gasteiger partial charge in [-0.15, -0.1) is 0 Å². The van der Waals surface area contributed by atoms with Crippen LogP contribution in [0.15, 0.2) is 4.99 Å². The highest BCUT2D eigenvalue weighted by molar-refractivity contribution is 5.81. The summed E-state index contributed by atoms with van der Waals surface area (Å²) >= 11 is 0. The summed E-state index contributed by atoms with van der Waals surface area (Å²) in [5, 5.41) is 6.61. The molecule has 0 aromatic carbocycles. The molecule has 1 atom stereocenters. The molecule has 22 heavy (non-hydrogen) atoms. The van der Waals surface area contributed by atoms with Crippen molar-refractivity contribution in [3.8, 4) is 0 Å². The van der Waals surface area contributed by atoms with Crippen molar-refractivity contribution < 1.29 is 4.79 Å². The molecule has 0 aromatic rings. The number of hydrogen-bond donors (Lipinski definition) is 2. The number of carbonyl (C=O) groups excluding carboxylic acids is 1. The maximum absolute atomic E-state index is 11.6. The number of amides is 1. The van der Waals surface area contributed by atoms with Crippen molar-refractivity contribution in [2.45, 2.75) is 51.4 Å². The lowest BCUT2D eigenvalue weighted by Gasteiger charge is -2.41. The van der Waals surface area contributed by atoms with Crippen molar-refractivity contribution in [1.82, 2.24) is 15.5 Å². The number of aliphatic imine (C=N–C) groups is 1. The van der Waals surface area contributed by atoms with E-state index in [9.17, 15) is 4.79 Å². The van der Waals surface area contributed by atoms with Gasteiger partial charge in [0.2, 0.25) is 5.91 Å². The quantitative estimate of drug-likeness (QED) is 0.603. The van der Waals surface area contributed by atoms with Crippen molar-refractivity contribution in [3.63, 3.8) is 0 Å². The number of rotatable bonds is 2. The number of carbonyl (C=O) groups is 1. The van der Waals surface area contributed by atoms with Crippen LogP contribution >= 0.6 is 0 Å². The van der Waals surface area contributed by atoms with Gasteiger partial charge in [-0.2, -0.15) is 0 Å². The molecule has 1 saturated carbocycles. The summed E-state index contributed by atoms with van der Waals surface area (Å²) in [6.45, 7) is 3.89. The lowest BCUT2D eigenvalue weighted by Crippen LogP contribution is -2.52. The second-order valence-corrected chi connectivity index (χ2v) is 7.41. The molecule has 2 aliphatic heterocycles. The molecule has 1 amide bonds. The zero-order valence-electron chi connectivity index (χ0n) is 13.9. The summed E-state index contributed by atoms with van der Waals surface area (Å²) in [5.74, 6) is 2.05. The molecule has 3 aliphatic rings. The van der Waals surface area contributed by atoms with Crippen LogP contribution in [0.4, 0.5) is 0 Å². The van der Waals surface area contributed by atoms with E-state index >= 15 is 0 Å². The van der Waals surface area contributed by atoms with Gasteiger partial charge in [0, 0.05) is 45.1 Å². The predicted octanol–water partition coefficient (Wildman–Crippen LogP) is 1.74. The molecule has 1 unspecified atom stereocenters. The molecule has 1 aliphatic carbocycles. The SMILES string of the molecule is CN=C(NCC1CCCCC1)N1CCCC2(CNC(=O)C2)C1. The highest BCUT2D eigenvalue weighted by Crippen LogP contribution is 2.36. The lowest BCUT2D eigenvalue weighted by molar-refractivity contribution is -0.119. The van der Waals surface area contributed by atoms with E-state index in [-0.39, 0.29) is 11.3 Å². The van der Waals surface area contributed by atoms with E-state index in [1.807, 2.05) is 7.05 Å². The maximum Gasteiger partial charge on any atom is 0.220 e. The lowest BCUT2D eigenvalue weighted by atomic mass is 9.79. The smallest absolute Gasteiger partial charge is 0.220 e. The summed E-state index contributed by atoms with van der Waals surface area (Å²) in [4.78, 5) is 18.5. The fourth-order valence-electron chi connectivity index (χ4n) is 4.39. The van der Waals surface area contributed by atoms with Gasteiger partial charge in [0.1, 0.15) is 0 Å². The van der Waals surface area contributed by atoms with E-state index in [4.69, 9.17) is 0 Å². The normalized spacial score (nSPS) is 30.7. The van der Waals surface area contributed by atoms with Crippen LogP contribution in [0.2, 0.25) is 0 Å². The van der Waals surface area contributed by atoms with Crippen LogP contribution in [0.3, 0.4) is 0 Å². The predicted molar refractivity (Wildman–Crippen MR) is 88.8 cm³/mol. The molecule has 2 heterocycles. The fourth-order valence-corrected chi connectivity index (χ4v) is 4.39. The molecule has 1 spiro atoms. The number of hydrogen-bond acceptors (Lipinski definition) is 2. The van der Waals surface area contributed by atoms with Crippen LogP contribution in [-0.2, 0) is 4.79 Å². The highest BCUT2D eigenvalue weighted by atomic mass is 16.1. The third-order valence-electron chi connectivity index (χ3n) is 5.64. The van der Waals surface area contributed by atoms with E-state index in [0.29, 0.717) is 6.42 Å². The first-order chi connectivity index (χ1) is 10.7. The Kier molecular flexibility index (Phi) is 4.89. The third kappa shape index (κ3) is 3.55. The molecule has 2 saturated heterocycles. The minimum Gasteiger partial charge on any atom is -0.356 e.